The van der Waals surface area contributed by atoms with Gasteiger partial charge in [0, 0.05) is 0 Å². The molecule has 0 aromatic carbocycles. The van der Waals surface area contributed by atoms with Gasteiger partial charge in [-0.3, -0.25) is 0 Å². The Hall–Kier alpha value is -1.12. The topological polar surface area (TPSA) is 35.0 Å². The predicted octanol–water partition coefficient (Wildman–Crippen LogP) is 1.29. The van der Waals surface area contributed by atoms with E-state index in [0.29, 0.717) is 12.5 Å². The van der Waals surface area contributed by atoms with Gasteiger partial charge in [-0.1, -0.05) is 0 Å². The lowest BCUT2D eigenvalue weighted by atomic mass is 10.4. The van der Waals surface area contributed by atoms with Crippen molar-refractivity contribution in [1.82, 2.24) is 9.97 Å². The van der Waals surface area contributed by atoms with Crippen LogP contribution in [0.5, 0.6) is 5.88 Å². The second kappa shape index (κ2) is 3.32. The molecule has 1 aromatic heterocycles. The summed E-state index contributed by atoms with van der Waals surface area (Å²) >= 11 is 0. The molecule has 3 nitrogen and oxygen atoms in total. The SMILES string of the molecule is CCOc1[c]c(C)nc(C)n1. The molecule has 59 valence electrons. The molecule has 0 fully saturated rings. The summed E-state index contributed by atoms with van der Waals surface area (Å²) in [6, 6.07) is 2.90. The van der Waals surface area contributed by atoms with Crippen LogP contribution in [0.1, 0.15) is 18.4 Å². The Labute approximate surface area is 66.4 Å². The molecule has 0 atom stereocenters. The van der Waals surface area contributed by atoms with Crippen LogP contribution in [0.4, 0.5) is 0 Å². The largest absolute Gasteiger partial charge is 0.477 e. The van der Waals surface area contributed by atoms with Crippen LogP contribution in [0.15, 0.2) is 0 Å². The zero-order chi connectivity index (χ0) is 8.27. The van der Waals surface area contributed by atoms with Crippen LogP contribution in [-0.4, -0.2) is 16.6 Å². The molecule has 1 heterocycles. The van der Waals surface area contributed by atoms with Crippen molar-refractivity contribution in [2.24, 2.45) is 0 Å². The summed E-state index contributed by atoms with van der Waals surface area (Å²) in [5.41, 5.74) is 0.820. The second-order valence-corrected chi connectivity index (χ2v) is 2.22. The van der Waals surface area contributed by atoms with E-state index in [1.165, 1.54) is 0 Å². The Morgan fingerprint density at radius 1 is 1.36 bits per heavy atom. The normalized spacial score (nSPS) is 9.73. The third-order valence-corrected chi connectivity index (χ3v) is 1.16. The maximum atomic E-state index is 5.16. The summed E-state index contributed by atoms with van der Waals surface area (Å²) < 4.78 is 5.16. The van der Waals surface area contributed by atoms with Crippen molar-refractivity contribution in [3.63, 3.8) is 0 Å². The average molecular weight is 151 g/mol. The Kier molecular flexibility index (Phi) is 2.41. The van der Waals surface area contributed by atoms with Gasteiger partial charge in [-0.25, -0.2) is 4.98 Å². The summed E-state index contributed by atoms with van der Waals surface area (Å²) in [5.74, 6) is 1.27. The molecule has 0 aliphatic rings. The maximum Gasteiger partial charge on any atom is 0.225 e. The molecule has 0 saturated heterocycles. The van der Waals surface area contributed by atoms with Crippen molar-refractivity contribution >= 4 is 0 Å². The zero-order valence-corrected chi connectivity index (χ0v) is 7.01. The van der Waals surface area contributed by atoms with Gasteiger partial charge in [0.05, 0.1) is 18.4 Å². The van der Waals surface area contributed by atoms with E-state index in [9.17, 15) is 0 Å². The van der Waals surface area contributed by atoms with Gasteiger partial charge >= 0.3 is 0 Å². The lowest BCUT2D eigenvalue weighted by Crippen LogP contribution is -1.98. The maximum absolute atomic E-state index is 5.16. The van der Waals surface area contributed by atoms with E-state index in [0.717, 1.165) is 11.5 Å². The van der Waals surface area contributed by atoms with Gasteiger partial charge in [-0.15, -0.1) is 0 Å². The monoisotopic (exact) mass is 151 g/mol. The van der Waals surface area contributed by atoms with Gasteiger partial charge in [0.15, 0.2) is 0 Å². The highest BCUT2D eigenvalue weighted by Crippen LogP contribution is 2.06. The first-order chi connectivity index (χ1) is 5.22. The van der Waals surface area contributed by atoms with Crippen LogP contribution < -0.4 is 4.74 Å². The highest BCUT2D eigenvalue weighted by atomic mass is 16.5. The number of ether oxygens (including phenoxy) is 1. The molecule has 11 heavy (non-hydrogen) atoms. The van der Waals surface area contributed by atoms with E-state index in [2.05, 4.69) is 16.0 Å². The number of aryl methyl sites for hydroxylation is 2. The van der Waals surface area contributed by atoms with E-state index < -0.39 is 0 Å². The first-order valence-corrected chi connectivity index (χ1v) is 3.59. The molecule has 3 heteroatoms. The van der Waals surface area contributed by atoms with Gasteiger partial charge in [0.2, 0.25) is 5.88 Å². The molecule has 0 saturated carbocycles. The minimum Gasteiger partial charge on any atom is -0.477 e. The van der Waals surface area contributed by atoms with Gasteiger partial charge in [-0.2, -0.15) is 4.98 Å². The third kappa shape index (κ3) is 2.18. The Balaban J connectivity index is 2.89. The Morgan fingerprint density at radius 2 is 2.09 bits per heavy atom. The zero-order valence-electron chi connectivity index (χ0n) is 7.01. The van der Waals surface area contributed by atoms with Gasteiger partial charge in [0.1, 0.15) is 5.82 Å². The fourth-order valence-corrected chi connectivity index (χ4v) is 0.830. The van der Waals surface area contributed by atoms with Crippen molar-refractivity contribution < 1.29 is 4.74 Å². The highest BCUT2D eigenvalue weighted by molar-refractivity contribution is 5.12. The fraction of sp³-hybridized carbons (Fsp3) is 0.500. The molecule has 0 aliphatic carbocycles. The lowest BCUT2D eigenvalue weighted by molar-refractivity contribution is 0.324. The van der Waals surface area contributed by atoms with Crippen molar-refractivity contribution in [3.8, 4) is 5.88 Å². The molecule has 0 unspecified atom stereocenters. The summed E-state index contributed by atoms with van der Waals surface area (Å²) in [7, 11) is 0. The van der Waals surface area contributed by atoms with E-state index in [4.69, 9.17) is 4.74 Å². The van der Waals surface area contributed by atoms with Crippen LogP contribution in [0.2, 0.25) is 0 Å². The van der Waals surface area contributed by atoms with Crippen molar-refractivity contribution in [2.45, 2.75) is 20.8 Å². The molecule has 0 bridgehead atoms. The smallest absolute Gasteiger partial charge is 0.225 e. The van der Waals surface area contributed by atoms with Crippen molar-refractivity contribution in [3.05, 3.63) is 17.6 Å². The molecule has 0 spiro atoms. The number of aromatic nitrogens is 2. The molecule has 1 radical (unpaired) electrons. The van der Waals surface area contributed by atoms with Gasteiger partial charge in [-0.05, 0) is 20.8 Å². The standard InChI is InChI=1S/C8H11N2O/c1-4-11-8-5-6(2)9-7(3)10-8/h4H2,1-3H3. The second-order valence-electron chi connectivity index (χ2n) is 2.22. The van der Waals surface area contributed by atoms with E-state index in [1.54, 1.807) is 0 Å². The van der Waals surface area contributed by atoms with E-state index in [1.807, 2.05) is 20.8 Å². The average Bonchev–Trinajstić information content (AvgIpc) is 1.85. The highest BCUT2D eigenvalue weighted by Gasteiger charge is 1.97. The molecule has 1 aromatic rings. The summed E-state index contributed by atoms with van der Waals surface area (Å²) in [6.45, 7) is 6.24. The number of hydrogen-bond acceptors (Lipinski definition) is 3. The predicted molar refractivity (Wildman–Crippen MR) is 41.5 cm³/mol. The molecular formula is C8H11N2O. The third-order valence-electron chi connectivity index (χ3n) is 1.16. The summed E-state index contributed by atoms with van der Waals surface area (Å²) in [6.07, 6.45) is 0. The Morgan fingerprint density at radius 3 is 2.64 bits per heavy atom. The van der Waals surface area contributed by atoms with Crippen LogP contribution in [0.25, 0.3) is 0 Å². The van der Waals surface area contributed by atoms with Crippen LogP contribution in [0, 0.1) is 19.9 Å². The Bertz CT molecular complexity index is 228. The van der Waals surface area contributed by atoms with Crippen molar-refractivity contribution in [2.75, 3.05) is 6.61 Å². The molecular weight excluding hydrogens is 140 g/mol. The molecule has 0 aliphatic heterocycles. The van der Waals surface area contributed by atoms with Crippen LogP contribution in [0.3, 0.4) is 0 Å². The molecule has 0 N–H and O–H groups in total. The number of rotatable bonds is 2. The molecule has 1 rings (SSSR count). The van der Waals surface area contributed by atoms with Gasteiger partial charge in [0.25, 0.3) is 0 Å². The van der Waals surface area contributed by atoms with Crippen LogP contribution >= 0.6 is 0 Å². The van der Waals surface area contributed by atoms with E-state index >= 15 is 0 Å². The fourth-order valence-electron chi connectivity index (χ4n) is 0.830. The lowest BCUT2D eigenvalue weighted by Gasteiger charge is -2.01. The summed E-state index contributed by atoms with van der Waals surface area (Å²) in [4.78, 5) is 8.10. The van der Waals surface area contributed by atoms with Crippen LogP contribution in [-0.2, 0) is 0 Å². The number of hydrogen-bond donors (Lipinski definition) is 0. The van der Waals surface area contributed by atoms with Gasteiger partial charge < -0.3 is 4.74 Å². The minimum absolute atomic E-state index is 0.539. The van der Waals surface area contributed by atoms with Crippen molar-refractivity contribution in [1.29, 1.82) is 0 Å². The minimum atomic E-state index is 0.539. The quantitative estimate of drug-likeness (QED) is 0.638. The number of nitrogens with zero attached hydrogens (tertiary/aromatic N) is 2. The van der Waals surface area contributed by atoms with E-state index in [-0.39, 0.29) is 0 Å². The summed E-state index contributed by atoms with van der Waals surface area (Å²) in [5, 5.41) is 0. The first-order valence-electron chi connectivity index (χ1n) is 3.59. The first kappa shape index (κ1) is 7.98. The molecule has 0 amide bonds.